The molecule has 2 N–H and O–H groups in total. The van der Waals surface area contributed by atoms with E-state index in [1.165, 1.54) is 0 Å². The minimum Gasteiger partial charge on any atom is -0.382 e. The zero-order chi connectivity index (χ0) is 13.6. The molecular weight excluding hydrogens is 288 g/mol. The quantitative estimate of drug-likeness (QED) is 0.870. The molecule has 0 unspecified atom stereocenters. The number of hydrogen-bond donors (Lipinski definition) is 1. The molecule has 3 rings (SSSR count). The molecular formula is C11H15ClN4O2S. The molecule has 0 amide bonds. The Morgan fingerprint density at radius 2 is 1.84 bits per heavy atom. The lowest BCUT2D eigenvalue weighted by atomic mass is 10.3. The predicted molar refractivity (Wildman–Crippen MR) is 74.3 cm³/mol. The summed E-state index contributed by atoms with van der Waals surface area (Å²) in [5, 5.41) is 0.323. The molecule has 1 saturated carbocycles. The molecule has 1 saturated heterocycles. The summed E-state index contributed by atoms with van der Waals surface area (Å²) in [6, 6.07) is 0. The molecule has 1 aromatic rings. The van der Waals surface area contributed by atoms with E-state index in [0.717, 1.165) is 18.7 Å². The topological polar surface area (TPSA) is 89.2 Å². The van der Waals surface area contributed by atoms with E-state index in [2.05, 4.69) is 9.97 Å². The number of rotatable bonds is 2. The van der Waals surface area contributed by atoms with Gasteiger partial charge >= 0.3 is 0 Å². The summed E-state index contributed by atoms with van der Waals surface area (Å²) in [7, 11) is -2.92. The number of sulfone groups is 1. The van der Waals surface area contributed by atoms with Crippen LogP contribution in [0.3, 0.4) is 0 Å². The lowest BCUT2D eigenvalue weighted by molar-refractivity contribution is 0.586. The lowest BCUT2D eigenvalue weighted by Crippen LogP contribution is -2.41. The van der Waals surface area contributed by atoms with E-state index in [1.54, 1.807) is 0 Å². The van der Waals surface area contributed by atoms with Crippen LogP contribution in [-0.4, -0.2) is 43.0 Å². The van der Waals surface area contributed by atoms with Crippen LogP contribution in [0.4, 0.5) is 11.6 Å². The van der Waals surface area contributed by atoms with Gasteiger partial charge in [-0.2, -0.15) is 0 Å². The van der Waals surface area contributed by atoms with E-state index in [1.807, 2.05) is 4.90 Å². The molecule has 1 aliphatic heterocycles. The van der Waals surface area contributed by atoms with E-state index in [-0.39, 0.29) is 17.3 Å². The van der Waals surface area contributed by atoms with Crippen molar-refractivity contribution in [1.29, 1.82) is 0 Å². The van der Waals surface area contributed by atoms with Gasteiger partial charge in [-0.1, -0.05) is 11.6 Å². The van der Waals surface area contributed by atoms with Crippen LogP contribution in [0.15, 0.2) is 0 Å². The normalized spacial score (nSPS) is 22.5. The van der Waals surface area contributed by atoms with Gasteiger partial charge in [0.05, 0.1) is 11.5 Å². The molecule has 6 nitrogen and oxygen atoms in total. The molecule has 2 aliphatic rings. The fraction of sp³-hybridized carbons (Fsp3) is 0.636. The highest BCUT2D eigenvalue weighted by Gasteiger charge is 2.30. The minimum atomic E-state index is -2.92. The van der Waals surface area contributed by atoms with Crippen molar-refractivity contribution in [1.82, 2.24) is 9.97 Å². The smallest absolute Gasteiger partial charge is 0.153 e. The Morgan fingerprint density at radius 1 is 1.21 bits per heavy atom. The summed E-state index contributed by atoms with van der Waals surface area (Å²) < 4.78 is 22.9. The second-order valence-corrected chi connectivity index (χ2v) is 7.70. The van der Waals surface area contributed by atoms with Crippen LogP contribution in [0.25, 0.3) is 0 Å². The van der Waals surface area contributed by atoms with Crippen molar-refractivity contribution in [2.75, 3.05) is 35.2 Å². The second-order valence-electron chi connectivity index (χ2n) is 5.02. The molecule has 8 heteroatoms. The van der Waals surface area contributed by atoms with Gasteiger partial charge in [0.15, 0.2) is 15.7 Å². The van der Waals surface area contributed by atoms with Crippen molar-refractivity contribution in [2.45, 2.75) is 18.8 Å². The molecule has 2 fully saturated rings. The Morgan fingerprint density at radius 3 is 2.42 bits per heavy atom. The van der Waals surface area contributed by atoms with Gasteiger partial charge in [-0.05, 0) is 12.8 Å². The largest absolute Gasteiger partial charge is 0.382 e. The third kappa shape index (κ3) is 2.62. The van der Waals surface area contributed by atoms with Gasteiger partial charge in [-0.3, -0.25) is 0 Å². The van der Waals surface area contributed by atoms with Crippen molar-refractivity contribution >= 4 is 33.1 Å². The van der Waals surface area contributed by atoms with Gasteiger partial charge in [-0.15, -0.1) is 0 Å². The maximum absolute atomic E-state index is 11.4. The Kier molecular flexibility index (Phi) is 3.05. The molecule has 19 heavy (non-hydrogen) atoms. The van der Waals surface area contributed by atoms with Crippen LogP contribution >= 0.6 is 11.6 Å². The number of nitrogens with zero attached hydrogens (tertiary/aromatic N) is 3. The Hall–Kier alpha value is -1.08. The van der Waals surface area contributed by atoms with Crippen LogP contribution in [0, 0.1) is 0 Å². The van der Waals surface area contributed by atoms with Gasteiger partial charge < -0.3 is 10.6 Å². The van der Waals surface area contributed by atoms with Gasteiger partial charge in [-0.25, -0.2) is 18.4 Å². The third-order valence-electron chi connectivity index (χ3n) is 3.46. The summed E-state index contributed by atoms with van der Waals surface area (Å²) in [5.74, 6) is 2.22. The average molecular weight is 303 g/mol. The van der Waals surface area contributed by atoms with Crippen molar-refractivity contribution in [3.8, 4) is 0 Å². The number of aromatic nitrogens is 2. The maximum atomic E-state index is 11.4. The van der Waals surface area contributed by atoms with Crippen molar-refractivity contribution in [3.63, 3.8) is 0 Å². The molecule has 0 bridgehead atoms. The summed E-state index contributed by atoms with van der Waals surface area (Å²) >= 11 is 6.15. The van der Waals surface area contributed by atoms with Crippen LogP contribution in [-0.2, 0) is 9.84 Å². The number of nitrogens with two attached hydrogens (primary N) is 1. The summed E-state index contributed by atoms with van der Waals surface area (Å²) in [6.07, 6.45) is 2.16. The first-order chi connectivity index (χ1) is 8.96. The first kappa shape index (κ1) is 12.9. The number of hydrogen-bond acceptors (Lipinski definition) is 6. The predicted octanol–water partition coefficient (Wildman–Crippen LogP) is 0.824. The monoisotopic (exact) mass is 302 g/mol. The molecule has 1 aromatic heterocycles. The lowest BCUT2D eigenvalue weighted by Gasteiger charge is -2.28. The second kappa shape index (κ2) is 4.49. The standard InChI is InChI=1S/C11H15ClN4O2S/c12-8-9(13)14-10(7-1-2-7)15-11(8)16-3-5-19(17,18)6-4-16/h7H,1-6H2,(H2,13,14,15). The summed E-state index contributed by atoms with van der Waals surface area (Å²) in [6.45, 7) is 0.811. The van der Waals surface area contributed by atoms with Gasteiger partial charge in [0.2, 0.25) is 0 Å². The van der Waals surface area contributed by atoms with E-state index in [0.29, 0.717) is 29.8 Å². The van der Waals surface area contributed by atoms with Gasteiger partial charge in [0, 0.05) is 19.0 Å². The Balaban J connectivity index is 1.91. The van der Waals surface area contributed by atoms with Crippen LogP contribution < -0.4 is 10.6 Å². The average Bonchev–Trinajstić information content (AvgIpc) is 3.17. The van der Waals surface area contributed by atoms with Crippen LogP contribution in [0.2, 0.25) is 5.02 Å². The van der Waals surface area contributed by atoms with Crippen molar-refractivity contribution < 1.29 is 8.42 Å². The van der Waals surface area contributed by atoms with Gasteiger partial charge in [0.1, 0.15) is 16.7 Å². The minimum absolute atomic E-state index is 0.131. The molecule has 0 aromatic carbocycles. The van der Waals surface area contributed by atoms with Crippen LogP contribution in [0.5, 0.6) is 0 Å². The fourth-order valence-electron chi connectivity index (χ4n) is 2.13. The number of anilines is 2. The first-order valence-electron chi connectivity index (χ1n) is 6.24. The zero-order valence-corrected chi connectivity index (χ0v) is 11.9. The molecule has 0 radical (unpaired) electrons. The summed E-state index contributed by atoms with van der Waals surface area (Å²) in [5.41, 5.74) is 5.82. The van der Waals surface area contributed by atoms with E-state index in [4.69, 9.17) is 17.3 Å². The van der Waals surface area contributed by atoms with E-state index >= 15 is 0 Å². The maximum Gasteiger partial charge on any atom is 0.153 e. The molecule has 0 atom stereocenters. The highest BCUT2D eigenvalue weighted by Crippen LogP contribution is 2.40. The molecule has 2 heterocycles. The SMILES string of the molecule is Nc1nc(C2CC2)nc(N2CCS(=O)(=O)CC2)c1Cl. The summed E-state index contributed by atoms with van der Waals surface area (Å²) in [4.78, 5) is 10.6. The number of halogens is 1. The number of nitrogen functional groups attached to an aromatic ring is 1. The molecule has 1 aliphatic carbocycles. The van der Waals surface area contributed by atoms with E-state index in [9.17, 15) is 8.42 Å². The van der Waals surface area contributed by atoms with Crippen LogP contribution in [0.1, 0.15) is 24.6 Å². The highest BCUT2D eigenvalue weighted by molar-refractivity contribution is 7.91. The third-order valence-corrected chi connectivity index (χ3v) is 5.43. The Labute approximate surface area is 116 Å². The molecule has 0 spiro atoms. The van der Waals surface area contributed by atoms with Crippen molar-refractivity contribution in [3.05, 3.63) is 10.8 Å². The Bertz CT molecular complexity index is 601. The molecule has 104 valence electrons. The highest BCUT2D eigenvalue weighted by atomic mass is 35.5. The zero-order valence-electron chi connectivity index (χ0n) is 10.3. The fourth-order valence-corrected chi connectivity index (χ4v) is 3.53. The first-order valence-corrected chi connectivity index (χ1v) is 8.44. The van der Waals surface area contributed by atoms with Crippen molar-refractivity contribution in [2.24, 2.45) is 0 Å². The van der Waals surface area contributed by atoms with Gasteiger partial charge in [0.25, 0.3) is 0 Å². The van der Waals surface area contributed by atoms with E-state index < -0.39 is 9.84 Å².